The Morgan fingerprint density at radius 3 is 2.11 bits per heavy atom. The van der Waals surface area contributed by atoms with Gasteiger partial charge in [-0.2, -0.15) is 0 Å². The second-order valence-electron chi connectivity index (χ2n) is 8.98. The van der Waals surface area contributed by atoms with E-state index in [-0.39, 0.29) is 5.78 Å². The fourth-order valence-electron chi connectivity index (χ4n) is 4.21. The summed E-state index contributed by atoms with van der Waals surface area (Å²) in [4.78, 5) is 32.1. The van der Waals surface area contributed by atoms with Crippen LogP contribution < -0.4 is 0 Å². The van der Waals surface area contributed by atoms with E-state index in [1.54, 1.807) is 24.3 Å². The molecule has 4 aromatic carbocycles. The summed E-state index contributed by atoms with van der Waals surface area (Å²) >= 11 is 6.44. The molecule has 5 rings (SSSR count). The van der Waals surface area contributed by atoms with E-state index in [0.717, 1.165) is 11.1 Å². The molecule has 0 saturated heterocycles. The Kier molecular flexibility index (Phi) is 6.85. The quantitative estimate of drug-likeness (QED) is 0.173. The van der Waals surface area contributed by atoms with Crippen LogP contribution in [0.3, 0.4) is 0 Å². The van der Waals surface area contributed by atoms with Crippen molar-refractivity contribution in [2.45, 2.75) is 20.0 Å². The summed E-state index contributed by atoms with van der Waals surface area (Å²) in [5.74, 6) is -0.903. The third kappa shape index (κ3) is 5.16. The molecule has 182 valence electrons. The molecule has 0 saturated carbocycles. The zero-order chi connectivity index (χ0) is 25.9. The van der Waals surface area contributed by atoms with Crippen LogP contribution in [0.5, 0.6) is 0 Å². The second-order valence-corrected chi connectivity index (χ2v) is 9.39. The van der Waals surface area contributed by atoms with Gasteiger partial charge in [-0.05, 0) is 32.0 Å². The first kappa shape index (κ1) is 24.4. The lowest BCUT2D eigenvalue weighted by Gasteiger charge is -2.19. The Balaban J connectivity index is 1.59. The van der Waals surface area contributed by atoms with Crippen molar-refractivity contribution in [3.8, 4) is 11.3 Å². The van der Waals surface area contributed by atoms with Crippen molar-refractivity contribution in [3.63, 3.8) is 0 Å². The standard InChI is InChI=1S/C32H24ClNO3/c1-20-11-15-22(16-12-20)30(35)31(23-17-13-21(2)14-18-23)37-32(36)26-19-29(25-8-3-5-9-27(25)33)34-28-10-6-4-7-24(26)28/h3-19,31H,1-2H3/t31-/m0/s1. The van der Waals surface area contributed by atoms with Gasteiger partial charge in [-0.1, -0.05) is 108 Å². The predicted octanol–water partition coefficient (Wildman–Crippen LogP) is 7.95. The molecule has 5 aromatic rings. The van der Waals surface area contributed by atoms with Crippen LogP contribution in [0, 0.1) is 13.8 Å². The van der Waals surface area contributed by atoms with Crippen molar-refractivity contribution in [2.75, 3.05) is 0 Å². The maximum Gasteiger partial charge on any atom is 0.339 e. The van der Waals surface area contributed by atoms with Crippen molar-refractivity contribution >= 4 is 34.3 Å². The summed E-state index contributed by atoms with van der Waals surface area (Å²) in [5.41, 5.74) is 5.35. The van der Waals surface area contributed by atoms with E-state index < -0.39 is 12.1 Å². The molecule has 0 spiro atoms. The van der Waals surface area contributed by atoms with E-state index in [2.05, 4.69) is 0 Å². The molecule has 0 unspecified atom stereocenters. The van der Waals surface area contributed by atoms with Crippen molar-refractivity contribution in [1.82, 2.24) is 4.98 Å². The molecule has 0 aliphatic carbocycles. The molecule has 0 fully saturated rings. The Labute approximate surface area is 220 Å². The van der Waals surface area contributed by atoms with E-state index in [4.69, 9.17) is 21.3 Å². The third-order valence-electron chi connectivity index (χ3n) is 6.27. The summed E-state index contributed by atoms with van der Waals surface area (Å²) in [5, 5.41) is 1.16. The maximum absolute atomic E-state index is 13.7. The first-order chi connectivity index (χ1) is 17.9. The highest BCUT2D eigenvalue weighted by Crippen LogP contribution is 2.32. The van der Waals surface area contributed by atoms with Gasteiger partial charge in [-0.25, -0.2) is 9.78 Å². The average Bonchev–Trinajstić information content (AvgIpc) is 2.92. The van der Waals surface area contributed by atoms with E-state index in [1.165, 1.54) is 0 Å². The Bertz CT molecular complexity index is 1610. The van der Waals surface area contributed by atoms with Gasteiger partial charge in [-0.15, -0.1) is 0 Å². The number of pyridine rings is 1. The number of aryl methyl sites for hydroxylation is 2. The van der Waals surface area contributed by atoms with Crippen LogP contribution in [0.2, 0.25) is 5.02 Å². The monoisotopic (exact) mass is 505 g/mol. The molecule has 0 aliphatic rings. The van der Waals surface area contributed by atoms with Crippen molar-refractivity contribution in [1.29, 1.82) is 0 Å². The van der Waals surface area contributed by atoms with E-state index >= 15 is 0 Å². The number of halogens is 1. The number of ether oxygens (including phenoxy) is 1. The largest absolute Gasteiger partial charge is 0.445 e. The first-order valence-corrected chi connectivity index (χ1v) is 12.3. The van der Waals surface area contributed by atoms with E-state index in [1.807, 2.05) is 92.7 Å². The minimum atomic E-state index is -1.11. The summed E-state index contributed by atoms with van der Waals surface area (Å²) in [6, 6.07) is 31.0. The molecule has 0 radical (unpaired) electrons. The van der Waals surface area contributed by atoms with Gasteiger partial charge >= 0.3 is 5.97 Å². The number of hydrogen-bond donors (Lipinski definition) is 0. The minimum Gasteiger partial charge on any atom is -0.445 e. The lowest BCUT2D eigenvalue weighted by Crippen LogP contribution is -2.21. The number of hydrogen-bond acceptors (Lipinski definition) is 4. The molecule has 4 nitrogen and oxygen atoms in total. The summed E-state index contributed by atoms with van der Waals surface area (Å²) < 4.78 is 5.99. The van der Waals surface area contributed by atoms with Gasteiger partial charge in [0.25, 0.3) is 0 Å². The fourth-order valence-corrected chi connectivity index (χ4v) is 4.44. The van der Waals surface area contributed by atoms with Crippen LogP contribution in [0.1, 0.15) is 43.5 Å². The van der Waals surface area contributed by atoms with Crippen molar-refractivity contribution < 1.29 is 14.3 Å². The molecule has 37 heavy (non-hydrogen) atoms. The Morgan fingerprint density at radius 1 is 0.784 bits per heavy atom. The molecule has 1 aromatic heterocycles. The summed E-state index contributed by atoms with van der Waals surface area (Å²) in [6.07, 6.45) is -1.11. The van der Waals surface area contributed by atoms with Crippen LogP contribution in [-0.2, 0) is 4.74 Å². The number of benzene rings is 4. The fraction of sp³-hybridized carbons (Fsp3) is 0.0938. The zero-order valence-corrected chi connectivity index (χ0v) is 21.2. The number of esters is 1. The lowest BCUT2D eigenvalue weighted by atomic mass is 9.98. The average molecular weight is 506 g/mol. The first-order valence-electron chi connectivity index (χ1n) is 11.9. The van der Waals surface area contributed by atoms with Gasteiger partial charge < -0.3 is 4.74 Å². The molecule has 0 bridgehead atoms. The van der Waals surface area contributed by atoms with Crippen LogP contribution in [0.15, 0.2) is 103 Å². The Morgan fingerprint density at radius 2 is 1.41 bits per heavy atom. The molecule has 1 atom stereocenters. The molecule has 0 N–H and O–H groups in total. The molecular formula is C32H24ClNO3. The highest BCUT2D eigenvalue weighted by Gasteiger charge is 2.28. The number of nitrogens with zero attached hydrogens (tertiary/aromatic N) is 1. The molecule has 1 heterocycles. The third-order valence-corrected chi connectivity index (χ3v) is 6.59. The number of carbonyl (C=O) groups is 2. The molecule has 0 aliphatic heterocycles. The number of Topliss-reactive ketones (excluding diaryl/α,β-unsaturated/α-hetero) is 1. The lowest BCUT2D eigenvalue weighted by molar-refractivity contribution is 0.0282. The number of fused-ring (bicyclic) bond motifs is 1. The minimum absolute atomic E-state index is 0.290. The van der Waals surface area contributed by atoms with Gasteiger partial charge in [0.15, 0.2) is 6.10 Å². The van der Waals surface area contributed by atoms with Crippen LogP contribution >= 0.6 is 11.6 Å². The van der Waals surface area contributed by atoms with Gasteiger partial charge in [0.05, 0.1) is 16.8 Å². The van der Waals surface area contributed by atoms with Crippen LogP contribution in [0.25, 0.3) is 22.2 Å². The van der Waals surface area contributed by atoms with Gasteiger partial charge in [-0.3, -0.25) is 4.79 Å². The van der Waals surface area contributed by atoms with Gasteiger partial charge in [0, 0.05) is 27.1 Å². The smallest absolute Gasteiger partial charge is 0.339 e. The molecule has 5 heteroatoms. The van der Waals surface area contributed by atoms with Gasteiger partial charge in [0.2, 0.25) is 5.78 Å². The van der Waals surface area contributed by atoms with Crippen molar-refractivity contribution in [2.24, 2.45) is 0 Å². The number of aromatic nitrogens is 1. The second kappa shape index (κ2) is 10.4. The number of para-hydroxylation sites is 1. The zero-order valence-electron chi connectivity index (χ0n) is 20.4. The molecule has 0 amide bonds. The van der Waals surface area contributed by atoms with Crippen LogP contribution in [-0.4, -0.2) is 16.7 Å². The normalized spacial score (nSPS) is 11.8. The SMILES string of the molecule is Cc1ccc(C(=O)[C@@H](OC(=O)c2cc(-c3ccccc3Cl)nc3ccccc23)c2ccc(C)cc2)cc1. The van der Waals surface area contributed by atoms with E-state index in [9.17, 15) is 9.59 Å². The van der Waals surface area contributed by atoms with Crippen molar-refractivity contribution in [3.05, 3.63) is 136 Å². The number of ketones is 1. The van der Waals surface area contributed by atoms with Gasteiger partial charge in [0.1, 0.15) is 0 Å². The number of carbonyl (C=O) groups excluding carboxylic acids is 2. The maximum atomic E-state index is 13.7. The highest BCUT2D eigenvalue weighted by molar-refractivity contribution is 6.33. The topological polar surface area (TPSA) is 56.3 Å². The predicted molar refractivity (Wildman–Crippen MR) is 147 cm³/mol. The number of rotatable bonds is 6. The van der Waals surface area contributed by atoms with E-state index in [0.29, 0.717) is 43.9 Å². The highest BCUT2D eigenvalue weighted by atomic mass is 35.5. The summed E-state index contributed by atoms with van der Waals surface area (Å²) in [6.45, 7) is 3.92. The Hall–Kier alpha value is -4.28. The molecular weight excluding hydrogens is 482 g/mol. The summed E-state index contributed by atoms with van der Waals surface area (Å²) in [7, 11) is 0. The van der Waals surface area contributed by atoms with Crippen LogP contribution in [0.4, 0.5) is 0 Å².